The molecule has 1 saturated heterocycles. The molecule has 1 amide bonds. The van der Waals surface area contributed by atoms with Crippen LogP contribution in [0.3, 0.4) is 0 Å². The van der Waals surface area contributed by atoms with E-state index in [1.165, 1.54) is 29.5 Å². The van der Waals surface area contributed by atoms with Crippen molar-refractivity contribution in [3.8, 4) is 0 Å². The predicted molar refractivity (Wildman–Crippen MR) is 100 cm³/mol. The molecule has 0 aliphatic carbocycles. The molecule has 0 saturated carbocycles. The number of carbonyl (C=O) groups is 1. The quantitative estimate of drug-likeness (QED) is 0.672. The van der Waals surface area contributed by atoms with Crippen molar-refractivity contribution in [3.63, 3.8) is 0 Å². The molecule has 6 heteroatoms. The first-order valence-corrected chi connectivity index (χ1v) is 8.81. The Morgan fingerprint density at radius 2 is 1.92 bits per heavy atom. The standard InChI is InChI=1S/C19H18FN3OS/c1-12-5-3-4-6-15(12)11-17-18(24)21-19(25-17)23-22-13(2)14-7-9-16(20)10-8-14/h3-10,17H,11H2,1-2H3,(H,21,23,24)/b22-13-. The van der Waals surface area contributed by atoms with Crippen molar-refractivity contribution in [2.24, 2.45) is 10.2 Å². The number of hydrogen-bond donors (Lipinski definition) is 1. The highest BCUT2D eigenvalue weighted by atomic mass is 32.2. The zero-order valence-electron chi connectivity index (χ0n) is 14.0. The summed E-state index contributed by atoms with van der Waals surface area (Å²) in [4.78, 5) is 12.1. The lowest BCUT2D eigenvalue weighted by molar-refractivity contribution is -0.118. The molecule has 1 fully saturated rings. The van der Waals surface area contributed by atoms with Gasteiger partial charge >= 0.3 is 0 Å². The van der Waals surface area contributed by atoms with Crippen LogP contribution >= 0.6 is 11.8 Å². The van der Waals surface area contributed by atoms with Gasteiger partial charge in [0, 0.05) is 0 Å². The molecule has 1 aliphatic rings. The van der Waals surface area contributed by atoms with Gasteiger partial charge in [0.05, 0.1) is 11.0 Å². The number of rotatable bonds is 4. The number of nitrogens with zero attached hydrogens (tertiary/aromatic N) is 2. The molecular formula is C19H18FN3OS. The summed E-state index contributed by atoms with van der Waals surface area (Å²) in [5.41, 5.74) is 3.77. The van der Waals surface area contributed by atoms with Crippen LogP contribution in [0.4, 0.5) is 4.39 Å². The largest absolute Gasteiger partial charge is 0.303 e. The summed E-state index contributed by atoms with van der Waals surface area (Å²) in [7, 11) is 0. The Kier molecular flexibility index (Phi) is 5.28. The van der Waals surface area contributed by atoms with Gasteiger partial charge in [-0.05, 0) is 49.1 Å². The van der Waals surface area contributed by atoms with Crippen LogP contribution in [0.2, 0.25) is 0 Å². The first-order valence-electron chi connectivity index (χ1n) is 7.93. The zero-order valence-corrected chi connectivity index (χ0v) is 14.8. The monoisotopic (exact) mass is 355 g/mol. The fourth-order valence-corrected chi connectivity index (χ4v) is 3.44. The van der Waals surface area contributed by atoms with Crippen LogP contribution in [0.5, 0.6) is 0 Å². The van der Waals surface area contributed by atoms with Crippen LogP contribution in [-0.2, 0) is 11.2 Å². The molecule has 3 rings (SSSR count). The molecule has 0 radical (unpaired) electrons. The average Bonchev–Trinajstić information content (AvgIpc) is 2.95. The highest BCUT2D eigenvalue weighted by Crippen LogP contribution is 2.24. The Balaban J connectivity index is 1.69. The number of amides is 1. The molecule has 2 aromatic rings. The van der Waals surface area contributed by atoms with E-state index in [-0.39, 0.29) is 17.0 Å². The smallest absolute Gasteiger partial charge is 0.239 e. The van der Waals surface area contributed by atoms with Crippen LogP contribution < -0.4 is 5.32 Å². The van der Waals surface area contributed by atoms with Crippen LogP contribution in [0, 0.1) is 12.7 Å². The van der Waals surface area contributed by atoms with Gasteiger partial charge in [0.25, 0.3) is 0 Å². The van der Waals surface area contributed by atoms with Gasteiger partial charge in [-0.25, -0.2) is 4.39 Å². The number of aryl methyl sites for hydroxylation is 1. The van der Waals surface area contributed by atoms with E-state index in [1.807, 2.05) is 31.2 Å². The maximum absolute atomic E-state index is 13.0. The van der Waals surface area contributed by atoms with Crippen molar-refractivity contribution < 1.29 is 9.18 Å². The zero-order chi connectivity index (χ0) is 17.8. The van der Waals surface area contributed by atoms with E-state index in [9.17, 15) is 9.18 Å². The average molecular weight is 355 g/mol. The number of benzene rings is 2. The third-order valence-electron chi connectivity index (χ3n) is 4.00. The van der Waals surface area contributed by atoms with Crippen molar-refractivity contribution in [2.45, 2.75) is 25.5 Å². The molecule has 1 atom stereocenters. The Morgan fingerprint density at radius 1 is 1.20 bits per heavy atom. The summed E-state index contributed by atoms with van der Waals surface area (Å²) < 4.78 is 13.0. The molecule has 0 spiro atoms. The normalized spacial score (nSPS) is 19.3. The number of nitrogens with one attached hydrogen (secondary N) is 1. The first-order chi connectivity index (χ1) is 12.0. The third kappa shape index (κ3) is 4.33. The third-order valence-corrected chi connectivity index (χ3v) is 5.07. The molecule has 0 bridgehead atoms. The first kappa shape index (κ1) is 17.4. The van der Waals surface area contributed by atoms with Crippen LogP contribution in [0.25, 0.3) is 0 Å². The van der Waals surface area contributed by atoms with Gasteiger partial charge < -0.3 is 5.32 Å². The van der Waals surface area contributed by atoms with E-state index < -0.39 is 0 Å². The molecule has 1 unspecified atom stereocenters. The minimum atomic E-state index is -0.291. The van der Waals surface area contributed by atoms with Gasteiger partial charge in [0.1, 0.15) is 5.82 Å². The number of carbonyl (C=O) groups excluding carboxylic acids is 1. The van der Waals surface area contributed by atoms with Crippen molar-refractivity contribution in [1.82, 2.24) is 5.32 Å². The van der Waals surface area contributed by atoms with Crippen LogP contribution in [0.1, 0.15) is 23.6 Å². The van der Waals surface area contributed by atoms with E-state index in [4.69, 9.17) is 0 Å². The summed E-state index contributed by atoms with van der Waals surface area (Å²) in [5.74, 6) is -0.345. The highest BCUT2D eigenvalue weighted by Gasteiger charge is 2.30. The molecule has 25 heavy (non-hydrogen) atoms. The van der Waals surface area contributed by atoms with Crippen molar-refractivity contribution in [1.29, 1.82) is 0 Å². The predicted octanol–water partition coefficient (Wildman–Crippen LogP) is 3.69. The second-order valence-corrected chi connectivity index (χ2v) is 7.02. The lowest BCUT2D eigenvalue weighted by Gasteiger charge is -2.07. The van der Waals surface area contributed by atoms with Gasteiger partial charge in [0.2, 0.25) is 5.91 Å². The van der Waals surface area contributed by atoms with Gasteiger partial charge in [-0.15, -0.1) is 5.10 Å². The number of halogens is 1. The lowest BCUT2D eigenvalue weighted by atomic mass is 10.0. The second-order valence-electron chi connectivity index (χ2n) is 5.82. The van der Waals surface area contributed by atoms with Crippen LogP contribution in [-0.4, -0.2) is 22.0 Å². The summed E-state index contributed by atoms with van der Waals surface area (Å²) in [6.07, 6.45) is 0.656. The number of thioether (sulfide) groups is 1. The van der Waals surface area contributed by atoms with E-state index >= 15 is 0 Å². The summed E-state index contributed by atoms with van der Waals surface area (Å²) >= 11 is 1.38. The molecular weight excluding hydrogens is 337 g/mol. The molecule has 128 valence electrons. The van der Waals surface area contributed by atoms with E-state index in [1.54, 1.807) is 19.1 Å². The Hall–Kier alpha value is -2.47. The molecule has 2 aromatic carbocycles. The van der Waals surface area contributed by atoms with Crippen molar-refractivity contribution in [2.75, 3.05) is 0 Å². The van der Waals surface area contributed by atoms with Crippen molar-refractivity contribution >= 4 is 28.5 Å². The Labute approximate surface area is 150 Å². The van der Waals surface area contributed by atoms with Gasteiger partial charge in [-0.2, -0.15) is 5.10 Å². The summed E-state index contributed by atoms with van der Waals surface area (Å²) in [6, 6.07) is 14.1. The van der Waals surface area contributed by atoms with Gasteiger partial charge in [0.15, 0.2) is 5.17 Å². The lowest BCUT2D eigenvalue weighted by Crippen LogP contribution is -2.26. The van der Waals surface area contributed by atoms with Gasteiger partial charge in [-0.1, -0.05) is 48.2 Å². The second kappa shape index (κ2) is 7.61. The molecule has 1 aliphatic heterocycles. The molecule has 1 N–H and O–H groups in total. The van der Waals surface area contributed by atoms with E-state index in [2.05, 4.69) is 15.5 Å². The summed E-state index contributed by atoms with van der Waals surface area (Å²) in [6.45, 7) is 3.84. The van der Waals surface area contributed by atoms with E-state index in [0.717, 1.165) is 11.1 Å². The SMILES string of the molecule is C/C(=N/N=C1\NC(=O)C(Cc2ccccc2C)S1)c1ccc(F)cc1. The fraction of sp³-hybridized carbons (Fsp3) is 0.211. The maximum atomic E-state index is 13.0. The minimum Gasteiger partial charge on any atom is -0.303 e. The maximum Gasteiger partial charge on any atom is 0.239 e. The summed E-state index contributed by atoms with van der Waals surface area (Å²) in [5, 5.41) is 11.3. The highest BCUT2D eigenvalue weighted by molar-refractivity contribution is 8.15. The molecule has 4 nitrogen and oxygen atoms in total. The molecule has 1 heterocycles. The fourth-order valence-electron chi connectivity index (χ4n) is 2.49. The number of amidine groups is 1. The van der Waals surface area contributed by atoms with Crippen molar-refractivity contribution in [3.05, 3.63) is 71.0 Å². The van der Waals surface area contributed by atoms with E-state index in [0.29, 0.717) is 17.3 Å². The molecule has 0 aromatic heterocycles. The van der Waals surface area contributed by atoms with Gasteiger partial charge in [-0.3, -0.25) is 4.79 Å². The van der Waals surface area contributed by atoms with Crippen LogP contribution in [0.15, 0.2) is 58.7 Å². The number of hydrogen-bond acceptors (Lipinski definition) is 4. The Bertz CT molecular complexity index is 846. The minimum absolute atomic E-state index is 0.0540. The Morgan fingerprint density at radius 3 is 2.64 bits per heavy atom. The topological polar surface area (TPSA) is 53.8 Å².